The molecule has 2 heterocycles. The molecule has 21 heavy (non-hydrogen) atoms. The number of primary amides is 1. The summed E-state index contributed by atoms with van der Waals surface area (Å²) >= 11 is 3.03. The molecule has 0 saturated heterocycles. The van der Waals surface area contributed by atoms with Crippen LogP contribution in [0.15, 0.2) is 41.8 Å². The summed E-state index contributed by atoms with van der Waals surface area (Å²) in [4.78, 5) is 26.6. The molecule has 1 atom stereocenters. The van der Waals surface area contributed by atoms with Crippen LogP contribution in [0.4, 0.5) is 0 Å². The van der Waals surface area contributed by atoms with Gasteiger partial charge < -0.3 is 10.6 Å². The van der Waals surface area contributed by atoms with Gasteiger partial charge in [-0.25, -0.2) is 0 Å². The minimum atomic E-state index is -0.368. The lowest BCUT2D eigenvalue weighted by molar-refractivity contribution is -0.115. The van der Waals surface area contributed by atoms with Gasteiger partial charge in [0, 0.05) is 10.4 Å². The zero-order valence-electron chi connectivity index (χ0n) is 11.2. The van der Waals surface area contributed by atoms with Crippen molar-refractivity contribution in [1.29, 1.82) is 0 Å². The molecule has 1 aromatic heterocycles. The van der Waals surface area contributed by atoms with Gasteiger partial charge in [-0.15, -0.1) is 23.1 Å². The highest BCUT2D eigenvalue weighted by Gasteiger charge is 2.36. The number of thioether (sulfide) groups is 1. The zero-order chi connectivity index (χ0) is 14.8. The molecule has 6 heteroatoms. The van der Waals surface area contributed by atoms with Gasteiger partial charge in [-0.2, -0.15) is 0 Å². The summed E-state index contributed by atoms with van der Waals surface area (Å²) in [5.74, 6) is -0.151. The van der Waals surface area contributed by atoms with Crippen molar-refractivity contribution in [3.05, 3.63) is 57.8 Å². The molecule has 1 aromatic carbocycles. The van der Waals surface area contributed by atoms with Gasteiger partial charge in [-0.3, -0.25) is 9.59 Å². The van der Waals surface area contributed by atoms with Gasteiger partial charge in [0.15, 0.2) is 0 Å². The third-order valence-electron chi connectivity index (χ3n) is 3.29. The van der Waals surface area contributed by atoms with E-state index in [4.69, 9.17) is 5.73 Å². The minimum Gasteiger partial charge on any atom is -0.369 e. The number of fused-ring (bicyclic) bond motifs is 1. The largest absolute Gasteiger partial charge is 0.369 e. The van der Waals surface area contributed by atoms with Crippen molar-refractivity contribution in [3.63, 3.8) is 0 Å². The van der Waals surface area contributed by atoms with E-state index in [2.05, 4.69) is 0 Å². The second kappa shape index (κ2) is 5.91. The fourth-order valence-corrected chi connectivity index (χ4v) is 4.16. The van der Waals surface area contributed by atoms with Crippen molar-refractivity contribution in [2.45, 2.75) is 11.9 Å². The number of nitrogens with two attached hydrogens (primary N) is 1. The second-order valence-corrected chi connectivity index (χ2v) is 6.83. The first-order valence-electron chi connectivity index (χ1n) is 6.49. The molecule has 0 saturated carbocycles. The van der Waals surface area contributed by atoms with E-state index in [-0.39, 0.29) is 22.9 Å². The lowest BCUT2D eigenvalue weighted by Gasteiger charge is -2.24. The average Bonchev–Trinajstić information content (AvgIpc) is 3.06. The summed E-state index contributed by atoms with van der Waals surface area (Å²) in [6.07, 6.45) is 0. The molecule has 3 rings (SSSR count). The van der Waals surface area contributed by atoms with Gasteiger partial charge in [0.25, 0.3) is 5.91 Å². The van der Waals surface area contributed by atoms with E-state index in [1.165, 1.54) is 11.8 Å². The summed E-state index contributed by atoms with van der Waals surface area (Å²) in [5, 5.41) is 1.84. The van der Waals surface area contributed by atoms with Gasteiger partial charge in [-0.1, -0.05) is 24.3 Å². The Morgan fingerprint density at radius 3 is 2.81 bits per heavy atom. The van der Waals surface area contributed by atoms with Crippen LogP contribution in [0.1, 0.15) is 26.2 Å². The molecule has 0 fully saturated rings. The predicted molar refractivity (Wildman–Crippen MR) is 85.0 cm³/mol. The normalized spacial score (nSPS) is 17.0. The van der Waals surface area contributed by atoms with Crippen molar-refractivity contribution < 1.29 is 9.59 Å². The highest BCUT2D eigenvalue weighted by Crippen LogP contribution is 2.42. The predicted octanol–water partition coefficient (Wildman–Crippen LogP) is 2.62. The van der Waals surface area contributed by atoms with E-state index in [9.17, 15) is 9.59 Å². The SMILES string of the molecule is NC(=O)CSC1c2ccccc2C(=O)N1Cc1cccs1. The van der Waals surface area contributed by atoms with Crippen LogP contribution >= 0.6 is 23.1 Å². The Morgan fingerprint density at radius 2 is 2.10 bits per heavy atom. The topological polar surface area (TPSA) is 63.4 Å². The van der Waals surface area contributed by atoms with Gasteiger partial charge in [0.2, 0.25) is 5.91 Å². The molecule has 1 aliphatic heterocycles. The molecule has 108 valence electrons. The van der Waals surface area contributed by atoms with E-state index in [0.29, 0.717) is 6.54 Å². The Hall–Kier alpha value is -1.79. The van der Waals surface area contributed by atoms with E-state index >= 15 is 0 Å². The maximum absolute atomic E-state index is 12.6. The zero-order valence-corrected chi connectivity index (χ0v) is 12.8. The first-order valence-corrected chi connectivity index (χ1v) is 8.42. The van der Waals surface area contributed by atoms with Gasteiger partial charge in [0.1, 0.15) is 5.37 Å². The Labute approximate surface area is 130 Å². The monoisotopic (exact) mass is 318 g/mol. The number of carbonyl (C=O) groups excluding carboxylic acids is 2. The molecule has 0 bridgehead atoms. The van der Waals surface area contributed by atoms with Crippen molar-refractivity contribution in [3.8, 4) is 0 Å². The van der Waals surface area contributed by atoms with Crippen LogP contribution < -0.4 is 5.73 Å². The van der Waals surface area contributed by atoms with Crippen LogP contribution in [0.2, 0.25) is 0 Å². The number of hydrogen-bond acceptors (Lipinski definition) is 4. The summed E-state index contributed by atoms with van der Waals surface area (Å²) in [6, 6.07) is 11.5. The molecule has 0 radical (unpaired) electrons. The third kappa shape index (κ3) is 2.82. The number of hydrogen-bond donors (Lipinski definition) is 1. The number of benzene rings is 1. The fraction of sp³-hybridized carbons (Fsp3) is 0.200. The highest BCUT2D eigenvalue weighted by atomic mass is 32.2. The van der Waals surface area contributed by atoms with E-state index in [0.717, 1.165) is 16.0 Å². The molecule has 2 N–H and O–H groups in total. The van der Waals surface area contributed by atoms with Crippen LogP contribution in [0.25, 0.3) is 0 Å². The highest BCUT2D eigenvalue weighted by molar-refractivity contribution is 8.00. The van der Waals surface area contributed by atoms with E-state index < -0.39 is 0 Å². The maximum Gasteiger partial charge on any atom is 0.255 e. The number of thiophene rings is 1. The third-order valence-corrected chi connectivity index (χ3v) is 5.43. The Bertz CT molecular complexity index is 670. The Morgan fingerprint density at radius 1 is 1.29 bits per heavy atom. The van der Waals surface area contributed by atoms with Gasteiger partial charge in [-0.05, 0) is 23.1 Å². The molecule has 0 spiro atoms. The summed E-state index contributed by atoms with van der Waals surface area (Å²) in [5.41, 5.74) is 6.93. The summed E-state index contributed by atoms with van der Waals surface area (Å²) in [6.45, 7) is 0.557. The van der Waals surface area contributed by atoms with Crippen molar-refractivity contribution in [1.82, 2.24) is 4.90 Å². The number of nitrogens with zero attached hydrogens (tertiary/aromatic N) is 1. The van der Waals surface area contributed by atoms with Crippen molar-refractivity contribution in [2.75, 3.05) is 5.75 Å². The first-order chi connectivity index (χ1) is 10.2. The van der Waals surface area contributed by atoms with Gasteiger partial charge >= 0.3 is 0 Å². The van der Waals surface area contributed by atoms with Crippen molar-refractivity contribution >= 4 is 34.9 Å². The summed E-state index contributed by atoms with van der Waals surface area (Å²) < 4.78 is 0. The quantitative estimate of drug-likeness (QED) is 0.922. The fourth-order valence-electron chi connectivity index (χ4n) is 2.40. The van der Waals surface area contributed by atoms with Crippen LogP contribution in [0, 0.1) is 0 Å². The maximum atomic E-state index is 12.6. The second-order valence-electron chi connectivity index (χ2n) is 4.73. The smallest absolute Gasteiger partial charge is 0.255 e. The molecule has 2 aromatic rings. The van der Waals surface area contributed by atoms with Gasteiger partial charge in [0.05, 0.1) is 12.3 Å². The molecule has 4 nitrogen and oxygen atoms in total. The number of carbonyl (C=O) groups is 2. The van der Waals surface area contributed by atoms with E-state index in [1.807, 2.05) is 46.7 Å². The molecule has 2 amide bonds. The molecular formula is C15H14N2O2S2. The van der Waals surface area contributed by atoms with E-state index in [1.54, 1.807) is 11.3 Å². The van der Waals surface area contributed by atoms with Crippen LogP contribution in [0.3, 0.4) is 0 Å². The Balaban J connectivity index is 1.90. The molecule has 1 unspecified atom stereocenters. The first kappa shape index (κ1) is 14.2. The molecular weight excluding hydrogens is 304 g/mol. The van der Waals surface area contributed by atoms with Crippen LogP contribution in [-0.4, -0.2) is 22.5 Å². The molecule has 0 aliphatic carbocycles. The van der Waals surface area contributed by atoms with Crippen LogP contribution in [0.5, 0.6) is 0 Å². The summed E-state index contributed by atoms with van der Waals surface area (Å²) in [7, 11) is 0. The van der Waals surface area contributed by atoms with Crippen LogP contribution in [-0.2, 0) is 11.3 Å². The number of amides is 2. The lowest BCUT2D eigenvalue weighted by Crippen LogP contribution is -2.27. The number of rotatable bonds is 5. The average molecular weight is 318 g/mol. The minimum absolute atomic E-state index is 0.0148. The standard InChI is InChI=1S/C15H14N2O2S2/c16-13(18)9-21-15-12-6-2-1-5-11(12)14(19)17(15)8-10-4-3-7-20-10/h1-7,15H,8-9H2,(H2,16,18). The lowest BCUT2D eigenvalue weighted by atomic mass is 10.1. The molecule has 1 aliphatic rings. The van der Waals surface area contributed by atoms with Crippen molar-refractivity contribution in [2.24, 2.45) is 5.73 Å². The Kier molecular flexibility index (Phi) is 3.98.